The smallest absolute Gasteiger partial charge is 0.397 e. The van der Waals surface area contributed by atoms with Crippen LogP contribution in [-0.2, 0) is 6.18 Å². The maximum atomic E-state index is 12.3. The van der Waals surface area contributed by atoms with E-state index >= 15 is 0 Å². The van der Waals surface area contributed by atoms with Gasteiger partial charge in [-0.05, 0) is 18.2 Å². The number of nitrogens with one attached hydrogen (secondary N) is 1. The van der Waals surface area contributed by atoms with Crippen LogP contribution in [0.3, 0.4) is 0 Å². The number of halogens is 3. The molecule has 15 heavy (non-hydrogen) atoms. The molecule has 0 aliphatic carbocycles. The van der Waals surface area contributed by atoms with Crippen molar-refractivity contribution in [1.29, 1.82) is 0 Å². The van der Waals surface area contributed by atoms with E-state index in [1.807, 2.05) is 0 Å². The van der Waals surface area contributed by atoms with E-state index in [0.29, 0.717) is 18.8 Å². The number of hydrogen-bond donors (Lipinski definition) is 3. The van der Waals surface area contributed by atoms with E-state index in [2.05, 4.69) is 5.32 Å². The van der Waals surface area contributed by atoms with Gasteiger partial charge in [0.1, 0.15) is 0 Å². The topological polar surface area (TPSA) is 64.1 Å². The van der Waals surface area contributed by atoms with Gasteiger partial charge in [0.25, 0.3) is 0 Å². The van der Waals surface area contributed by atoms with Gasteiger partial charge in [-0.25, -0.2) is 0 Å². The SMILES string of the molecule is NCCNc1ccc(C(F)(F)F)cc1N. The average molecular weight is 219 g/mol. The van der Waals surface area contributed by atoms with Gasteiger partial charge in [0.15, 0.2) is 0 Å². The highest BCUT2D eigenvalue weighted by Crippen LogP contribution is 2.32. The van der Waals surface area contributed by atoms with E-state index in [9.17, 15) is 13.2 Å². The van der Waals surface area contributed by atoms with Gasteiger partial charge in [0.05, 0.1) is 16.9 Å². The zero-order valence-electron chi connectivity index (χ0n) is 7.93. The van der Waals surface area contributed by atoms with Crippen LogP contribution in [0.25, 0.3) is 0 Å². The van der Waals surface area contributed by atoms with E-state index in [1.54, 1.807) is 0 Å². The average Bonchev–Trinajstić information content (AvgIpc) is 2.14. The van der Waals surface area contributed by atoms with Crippen LogP contribution in [0.4, 0.5) is 24.5 Å². The Morgan fingerprint density at radius 2 is 1.93 bits per heavy atom. The Hall–Kier alpha value is -1.43. The van der Waals surface area contributed by atoms with Crippen LogP contribution in [0.15, 0.2) is 18.2 Å². The predicted octanol–water partition coefficient (Wildman–Crippen LogP) is 1.66. The summed E-state index contributed by atoms with van der Waals surface area (Å²) in [6, 6.07) is 3.18. The molecule has 1 aromatic carbocycles. The second kappa shape index (κ2) is 4.39. The normalized spacial score (nSPS) is 11.5. The van der Waals surface area contributed by atoms with Crippen molar-refractivity contribution < 1.29 is 13.2 Å². The van der Waals surface area contributed by atoms with Crippen molar-refractivity contribution in [2.75, 3.05) is 24.1 Å². The van der Waals surface area contributed by atoms with Gasteiger partial charge in [0, 0.05) is 13.1 Å². The fourth-order valence-electron chi connectivity index (χ4n) is 1.11. The first-order valence-electron chi connectivity index (χ1n) is 4.36. The molecule has 0 heterocycles. The van der Waals surface area contributed by atoms with Crippen molar-refractivity contribution in [2.45, 2.75) is 6.18 Å². The molecule has 0 atom stereocenters. The van der Waals surface area contributed by atoms with Gasteiger partial charge in [-0.3, -0.25) is 0 Å². The van der Waals surface area contributed by atoms with Crippen LogP contribution in [0.2, 0.25) is 0 Å². The fraction of sp³-hybridized carbons (Fsp3) is 0.333. The molecule has 3 nitrogen and oxygen atoms in total. The summed E-state index contributed by atoms with van der Waals surface area (Å²) in [7, 11) is 0. The second-order valence-electron chi connectivity index (χ2n) is 3.02. The zero-order chi connectivity index (χ0) is 11.5. The molecule has 0 aliphatic rings. The van der Waals surface area contributed by atoms with Gasteiger partial charge < -0.3 is 16.8 Å². The molecule has 0 fully saturated rings. The van der Waals surface area contributed by atoms with Crippen LogP contribution >= 0.6 is 0 Å². The monoisotopic (exact) mass is 219 g/mol. The lowest BCUT2D eigenvalue weighted by molar-refractivity contribution is -0.137. The lowest BCUT2D eigenvalue weighted by Gasteiger charge is -2.11. The van der Waals surface area contributed by atoms with Crippen molar-refractivity contribution in [3.8, 4) is 0 Å². The summed E-state index contributed by atoms with van der Waals surface area (Å²) in [5.41, 5.74) is 10.5. The van der Waals surface area contributed by atoms with Crippen LogP contribution in [0.5, 0.6) is 0 Å². The van der Waals surface area contributed by atoms with E-state index < -0.39 is 11.7 Å². The number of nitrogens with two attached hydrogens (primary N) is 2. The minimum Gasteiger partial charge on any atom is -0.397 e. The molecule has 0 aromatic heterocycles. The Bertz CT molecular complexity index is 336. The minimum absolute atomic E-state index is 0.0678. The molecule has 0 unspecified atom stereocenters. The first-order chi connectivity index (χ1) is 6.95. The summed E-state index contributed by atoms with van der Waals surface area (Å²) >= 11 is 0. The quantitative estimate of drug-likeness (QED) is 0.677. The number of alkyl halides is 3. The molecule has 6 heteroatoms. The van der Waals surface area contributed by atoms with Crippen molar-refractivity contribution in [3.05, 3.63) is 23.8 Å². The van der Waals surface area contributed by atoms with Crippen molar-refractivity contribution >= 4 is 11.4 Å². The highest BCUT2D eigenvalue weighted by molar-refractivity contribution is 5.67. The zero-order valence-corrected chi connectivity index (χ0v) is 7.93. The maximum Gasteiger partial charge on any atom is 0.416 e. The summed E-state index contributed by atoms with van der Waals surface area (Å²) in [6.07, 6.45) is -4.36. The van der Waals surface area contributed by atoms with E-state index in [0.717, 1.165) is 12.1 Å². The van der Waals surface area contributed by atoms with Gasteiger partial charge >= 0.3 is 6.18 Å². The third kappa shape index (κ3) is 3.02. The highest BCUT2D eigenvalue weighted by atomic mass is 19.4. The third-order valence-corrected chi connectivity index (χ3v) is 1.84. The Morgan fingerprint density at radius 3 is 2.40 bits per heavy atom. The number of anilines is 2. The predicted molar refractivity (Wildman–Crippen MR) is 53.4 cm³/mol. The summed E-state index contributed by atoms with van der Waals surface area (Å²) < 4.78 is 36.8. The molecule has 1 aromatic rings. The fourth-order valence-corrected chi connectivity index (χ4v) is 1.11. The van der Waals surface area contributed by atoms with E-state index in [4.69, 9.17) is 11.5 Å². The summed E-state index contributed by atoms with van der Waals surface area (Å²) in [5.74, 6) is 0. The summed E-state index contributed by atoms with van der Waals surface area (Å²) in [6.45, 7) is 0.857. The van der Waals surface area contributed by atoms with Gasteiger partial charge in [-0.2, -0.15) is 13.2 Å². The van der Waals surface area contributed by atoms with Gasteiger partial charge in [0.2, 0.25) is 0 Å². The lowest BCUT2D eigenvalue weighted by Crippen LogP contribution is -2.14. The minimum atomic E-state index is -4.36. The Balaban J connectivity index is 2.88. The number of hydrogen-bond acceptors (Lipinski definition) is 3. The highest BCUT2D eigenvalue weighted by Gasteiger charge is 2.30. The number of nitrogen functional groups attached to an aromatic ring is 1. The second-order valence-corrected chi connectivity index (χ2v) is 3.02. The summed E-state index contributed by atoms with van der Waals surface area (Å²) in [4.78, 5) is 0. The summed E-state index contributed by atoms with van der Waals surface area (Å²) in [5, 5.41) is 2.82. The largest absolute Gasteiger partial charge is 0.416 e. The van der Waals surface area contributed by atoms with E-state index in [1.165, 1.54) is 6.07 Å². The number of rotatable bonds is 3. The first-order valence-corrected chi connectivity index (χ1v) is 4.36. The molecule has 0 radical (unpaired) electrons. The van der Waals surface area contributed by atoms with Crippen LogP contribution < -0.4 is 16.8 Å². The molecule has 0 spiro atoms. The molecule has 0 bridgehead atoms. The van der Waals surface area contributed by atoms with Crippen LogP contribution in [-0.4, -0.2) is 13.1 Å². The molecule has 0 saturated carbocycles. The molecule has 0 aliphatic heterocycles. The molecule has 0 amide bonds. The Morgan fingerprint density at radius 1 is 1.27 bits per heavy atom. The van der Waals surface area contributed by atoms with Gasteiger partial charge in [-0.1, -0.05) is 0 Å². The standard InChI is InChI=1S/C9H12F3N3/c10-9(11,12)6-1-2-8(7(14)5-6)15-4-3-13/h1-2,5,15H,3-4,13-14H2. The van der Waals surface area contributed by atoms with Crippen molar-refractivity contribution in [2.24, 2.45) is 5.73 Å². The molecule has 84 valence electrons. The van der Waals surface area contributed by atoms with Gasteiger partial charge in [-0.15, -0.1) is 0 Å². The van der Waals surface area contributed by atoms with Crippen LogP contribution in [0, 0.1) is 0 Å². The molecule has 1 rings (SSSR count). The molecule has 5 N–H and O–H groups in total. The molecular weight excluding hydrogens is 207 g/mol. The van der Waals surface area contributed by atoms with E-state index in [-0.39, 0.29) is 5.69 Å². The van der Waals surface area contributed by atoms with Crippen molar-refractivity contribution in [1.82, 2.24) is 0 Å². The third-order valence-electron chi connectivity index (χ3n) is 1.84. The maximum absolute atomic E-state index is 12.3. The van der Waals surface area contributed by atoms with Crippen molar-refractivity contribution in [3.63, 3.8) is 0 Å². The molecule has 0 saturated heterocycles. The lowest BCUT2D eigenvalue weighted by atomic mass is 10.1. The van der Waals surface area contributed by atoms with Crippen LogP contribution in [0.1, 0.15) is 5.56 Å². The first kappa shape index (κ1) is 11.6. The molecular formula is C9H12F3N3. The Kier molecular flexibility index (Phi) is 3.41. The Labute approximate surface area is 85.3 Å². The number of benzene rings is 1.